The lowest BCUT2D eigenvalue weighted by molar-refractivity contribution is -0.746. The fraction of sp³-hybridized carbons (Fsp3) is 0.0213. The third-order valence-corrected chi connectivity index (χ3v) is 11.6. The molecule has 6 heteroatoms. The SMILES string of the molecule is c1ccc(-c2nc(-c3ccccc3)nc(-c3cccc(-c4ccc5c(c4)C4(c6ccccc6-c6ccccc64)[n+]4c([nH]c6ccccc64)S5)c3)n2)cc1. The highest BCUT2D eigenvalue weighted by Gasteiger charge is 2.56. The lowest BCUT2D eigenvalue weighted by Crippen LogP contribution is -2.60. The Kier molecular flexibility index (Phi) is 6.63. The zero-order chi connectivity index (χ0) is 34.9. The van der Waals surface area contributed by atoms with Gasteiger partial charge in [0.2, 0.25) is 0 Å². The molecule has 0 atom stereocenters. The highest BCUT2D eigenvalue weighted by atomic mass is 32.2. The van der Waals surface area contributed by atoms with Gasteiger partial charge in [-0.3, -0.25) is 0 Å². The van der Waals surface area contributed by atoms with E-state index in [1.165, 1.54) is 38.2 Å². The minimum atomic E-state index is -0.570. The first-order valence-electron chi connectivity index (χ1n) is 17.8. The summed E-state index contributed by atoms with van der Waals surface area (Å²) in [5.74, 6) is 1.94. The molecule has 0 saturated carbocycles. The van der Waals surface area contributed by atoms with Crippen LogP contribution in [0.25, 0.3) is 67.5 Å². The monoisotopic (exact) mass is 696 g/mol. The second-order valence-electron chi connectivity index (χ2n) is 13.5. The maximum Gasteiger partial charge on any atom is 0.322 e. The smallest absolute Gasteiger partial charge is 0.231 e. The van der Waals surface area contributed by atoms with Crippen LogP contribution in [0.2, 0.25) is 0 Å². The van der Waals surface area contributed by atoms with Crippen LogP contribution in [0.1, 0.15) is 16.7 Å². The Balaban J connectivity index is 1.12. The van der Waals surface area contributed by atoms with Crippen LogP contribution in [0, 0.1) is 0 Å². The molecule has 3 heterocycles. The molecule has 1 aliphatic heterocycles. The van der Waals surface area contributed by atoms with Crippen LogP contribution in [0.4, 0.5) is 0 Å². The molecule has 0 bridgehead atoms. The van der Waals surface area contributed by atoms with Crippen molar-refractivity contribution in [3.05, 3.63) is 193 Å². The van der Waals surface area contributed by atoms with E-state index in [0.29, 0.717) is 17.5 Å². The van der Waals surface area contributed by atoms with E-state index in [9.17, 15) is 0 Å². The standard InChI is InChI=1S/C47H29N5S/c1-3-14-30(15-4-1)43-49-44(31-16-5-2-6-17-31)51-45(50-43)34-19-13-18-32(28-34)33-26-27-42-39(29-33)47(52-41-25-12-11-24-40(41)48-46(52)53-42)37-22-9-7-20-35(37)36-21-8-10-23-38(36)47/h1-29H/p+1. The van der Waals surface area contributed by atoms with E-state index in [1.54, 1.807) is 11.8 Å². The average molecular weight is 697 g/mol. The van der Waals surface area contributed by atoms with E-state index in [1.807, 2.05) is 60.7 Å². The van der Waals surface area contributed by atoms with Gasteiger partial charge in [-0.25, -0.2) is 19.9 Å². The predicted octanol–water partition coefficient (Wildman–Crippen LogP) is 10.6. The van der Waals surface area contributed by atoms with E-state index in [2.05, 4.69) is 125 Å². The summed E-state index contributed by atoms with van der Waals surface area (Å²) >= 11 is 1.80. The van der Waals surface area contributed by atoms with E-state index in [4.69, 9.17) is 15.0 Å². The summed E-state index contributed by atoms with van der Waals surface area (Å²) in [4.78, 5) is 20.0. The number of benzene rings is 7. The summed E-state index contributed by atoms with van der Waals surface area (Å²) in [6.45, 7) is 0. The number of aromatic nitrogens is 5. The van der Waals surface area contributed by atoms with Crippen molar-refractivity contribution in [3.63, 3.8) is 0 Å². The van der Waals surface area contributed by atoms with Gasteiger partial charge in [0, 0.05) is 38.3 Å². The van der Waals surface area contributed by atoms with Crippen molar-refractivity contribution in [2.75, 3.05) is 0 Å². The number of hydrogen-bond donors (Lipinski definition) is 1. The number of imidazole rings is 1. The maximum atomic E-state index is 5.03. The van der Waals surface area contributed by atoms with Gasteiger partial charge in [0.25, 0.3) is 0 Å². The largest absolute Gasteiger partial charge is 0.322 e. The summed E-state index contributed by atoms with van der Waals surface area (Å²) < 4.78 is 2.54. The molecule has 1 aliphatic carbocycles. The molecule has 7 aromatic carbocycles. The molecule has 0 radical (unpaired) electrons. The van der Waals surface area contributed by atoms with Crippen molar-refractivity contribution in [1.82, 2.24) is 19.9 Å². The molecule has 53 heavy (non-hydrogen) atoms. The molecule has 11 rings (SSSR count). The quantitative estimate of drug-likeness (QED) is 0.186. The van der Waals surface area contributed by atoms with Crippen molar-refractivity contribution < 1.29 is 4.57 Å². The van der Waals surface area contributed by atoms with Gasteiger partial charge in [0.15, 0.2) is 34.0 Å². The normalized spacial score (nSPS) is 13.4. The number of fused-ring (bicyclic) bond motifs is 11. The number of H-pyrrole nitrogens is 1. The Labute approximate surface area is 310 Å². The molecule has 5 nitrogen and oxygen atoms in total. The molecule has 0 saturated heterocycles. The third kappa shape index (κ3) is 4.52. The van der Waals surface area contributed by atoms with Crippen LogP contribution in [0.5, 0.6) is 0 Å². The molecule has 1 spiro atoms. The van der Waals surface area contributed by atoms with Gasteiger partial charge in [0.1, 0.15) is 0 Å². The first-order valence-corrected chi connectivity index (χ1v) is 18.6. The zero-order valence-electron chi connectivity index (χ0n) is 28.4. The Morgan fingerprint density at radius 2 is 0.962 bits per heavy atom. The number of nitrogens with one attached hydrogen (secondary N) is 1. The second kappa shape index (κ2) is 11.7. The van der Waals surface area contributed by atoms with E-state index >= 15 is 0 Å². The van der Waals surface area contributed by atoms with Crippen molar-refractivity contribution in [1.29, 1.82) is 0 Å². The van der Waals surface area contributed by atoms with E-state index in [-0.39, 0.29) is 0 Å². The highest BCUT2D eigenvalue weighted by Crippen LogP contribution is 2.56. The lowest BCUT2D eigenvalue weighted by Gasteiger charge is -2.35. The predicted molar refractivity (Wildman–Crippen MR) is 211 cm³/mol. The molecule has 2 aromatic heterocycles. The minimum Gasteiger partial charge on any atom is -0.231 e. The number of hydrogen-bond acceptors (Lipinski definition) is 4. The minimum absolute atomic E-state index is 0.570. The summed E-state index contributed by atoms with van der Waals surface area (Å²) in [5, 5.41) is 1.12. The van der Waals surface area contributed by atoms with E-state index in [0.717, 1.165) is 38.5 Å². The first-order chi connectivity index (χ1) is 26.3. The lowest BCUT2D eigenvalue weighted by atomic mass is 9.79. The van der Waals surface area contributed by atoms with Crippen LogP contribution in [0.3, 0.4) is 0 Å². The van der Waals surface area contributed by atoms with Gasteiger partial charge in [-0.1, -0.05) is 146 Å². The summed E-state index contributed by atoms with van der Waals surface area (Å²) in [6, 6.07) is 62.3. The fourth-order valence-electron chi connectivity index (χ4n) is 8.28. The molecule has 9 aromatic rings. The van der Waals surface area contributed by atoms with Crippen molar-refractivity contribution >= 4 is 22.8 Å². The molecule has 0 amide bonds. The van der Waals surface area contributed by atoms with Crippen molar-refractivity contribution in [2.45, 2.75) is 15.6 Å². The molecular formula is C47H30N5S+. The summed E-state index contributed by atoms with van der Waals surface area (Å²) in [5.41, 5.74) is 13.2. The van der Waals surface area contributed by atoms with Gasteiger partial charge in [-0.05, 0) is 64.3 Å². The Hall–Kier alpha value is -6.63. The number of para-hydroxylation sites is 2. The average Bonchev–Trinajstić information content (AvgIpc) is 3.75. The number of aromatic amines is 1. The van der Waals surface area contributed by atoms with E-state index < -0.39 is 5.54 Å². The molecule has 1 N–H and O–H groups in total. The fourth-order valence-corrected chi connectivity index (χ4v) is 9.43. The molecule has 248 valence electrons. The van der Waals surface area contributed by atoms with Gasteiger partial charge >= 0.3 is 5.16 Å². The zero-order valence-corrected chi connectivity index (χ0v) is 29.3. The summed E-state index contributed by atoms with van der Waals surface area (Å²) in [6.07, 6.45) is 0. The molecular weight excluding hydrogens is 667 g/mol. The number of rotatable bonds is 4. The number of nitrogens with zero attached hydrogens (tertiary/aromatic N) is 4. The van der Waals surface area contributed by atoms with Crippen LogP contribution < -0.4 is 4.57 Å². The second-order valence-corrected chi connectivity index (χ2v) is 14.5. The van der Waals surface area contributed by atoms with Crippen molar-refractivity contribution in [2.24, 2.45) is 0 Å². The van der Waals surface area contributed by atoms with Gasteiger partial charge in [-0.15, -0.1) is 0 Å². The van der Waals surface area contributed by atoms with Gasteiger partial charge in [-0.2, -0.15) is 4.57 Å². The van der Waals surface area contributed by atoms with Gasteiger partial charge < -0.3 is 0 Å². The molecule has 0 unspecified atom stereocenters. The van der Waals surface area contributed by atoms with Gasteiger partial charge in [0.05, 0.1) is 0 Å². The van der Waals surface area contributed by atoms with Crippen LogP contribution in [-0.2, 0) is 5.54 Å². The van der Waals surface area contributed by atoms with Crippen LogP contribution >= 0.6 is 11.8 Å². The van der Waals surface area contributed by atoms with Crippen LogP contribution in [-0.4, -0.2) is 19.9 Å². The highest BCUT2D eigenvalue weighted by molar-refractivity contribution is 7.99. The van der Waals surface area contributed by atoms with Crippen LogP contribution in [0.15, 0.2) is 186 Å². The Bertz CT molecular complexity index is 2780. The molecule has 0 fully saturated rings. The Morgan fingerprint density at radius 1 is 0.434 bits per heavy atom. The maximum absolute atomic E-state index is 5.03. The van der Waals surface area contributed by atoms with Crippen molar-refractivity contribution in [3.8, 4) is 56.4 Å². The third-order valence-electron chi connectivity index (χ3n) is 10.6. The Morgan fingerprint density at radius 3 is 1.64 bits per heavy atom. The first kappa shape index (κ1) is 30.0. The summed E-state index contributed by atoms with van der Waals surface area (Å²) in [7, 11) is 0. The molecule has 2 aliphatic rings. The topological polar surface area (TPSA) is 58.3 Å².